The molecule has 17 heavy (non-hydrogen) atoms. The van der Waals surface area contributed by atoms with Crippen molar-refractivity contribution in [3.8, 4) is 5.75 Å². The fourth-order valence-corrected chi connectivity index (χ4v) is 1.42. The summed E-state index contributed by atoms with van der Waals surface area (Å²) in [6, 6.07) is 5.75. The first kappa shape index (κ1) is 11.0. The molecule has 0 aromatic heterocycles. The Morgan fingerprint density at radius 2 is 1.88 bits per heavy atom. The zero-order valence-corrected chi connectivity index (χ0v) is 8.88. The monoisotopic (exact) mass is 232 g/mol. The van der Waals surface area contributed by atoms with Gasteiger partial charge in [-0.3, -0.25) is 0 Å². The van der Waals surface area contributed by atoms with E-state index in [9.17, 15) is 9.59 Å². The minimum Gasteiger partial charge on any atom is -0.497 e. The van der Waals surface area contributed by atoms with E-state index in [2.05, 4.69) is 9.98 Å². The molecule has 86 valence electrons. The number of benzene rings is 1. The van der Waals surface area contributed by atoms with Gasteiger partial charge < -0.3 is 9.84 Å². The summed E-state index contributed by atoms with van der Waals surface area (Å²) in [6.45, 7) is 0. The topological polar surface area (TPSA) is 88.3 Å². The number of carbonyl (C=O) groups is 2. The minimum absolute atomic E-state index is 0.0742. The van der Waals surface area contributed by atoms with Crippen molar-refractivity contribution in [1.82, 2.24) is 0 Å². The number of urea groups is 1. The molecule has 0 saturated carbocycles. The van der Waals surface area contributed by atoms with Crippen molar-refractivity contribution < 1.29 is 19.4 Å². The molecule has 1 aromatic rings. The van der Waals surface area contributed by atoms with Gasteiger partial charge >= 0.3 is 12.0 Å². The number of carboxylic acid groups (broad SMARTS) is 1. The first-order valence-corrected chi connectivity index (χ1v) is 4.71. The largest absolute Gasteiger partial charge is 0.497 e. The van der Waals surface area contributed by atoms with Crippen LogP contribution in [0.5, 0.6) is 5.75 Å². The van der Waals surface area contributed by atoms with Crippen molar-refractivity contribution in [1.29, 1.82) is 0 Å². The Labute approximate surface area is 96.3 Å². The van der Waals surface area contributed by atoms with Gasteiger partial charge in [-0.1, -0.05) is 0 Å². The van der Waals surface area contributed by atoms with E-state index >= 15 is 0 Å². The molecule has 1 aromatic carbocycles. The first-order chi connectivity index (χ1) is 8.11. The van der Waals surface area contributed by atoms with E-state index in [0.717, 1.165) is 0 Å². The number of rotatable bonds is 3. The van der Waals surface area contributed by atoms with Crippen LogP contribution in [0.2, 0.25) is 0 Å². The van der Waals surface area contributed by atoms with E-state index in [-0.39, 0.29) is 11.4 Å². The van der Waals surface area contributed by atoms with Crippen LogP contribution in [0.25, 0.3) is 0 Å². The second kappa shape index (κ2) is 4.17. The van der Waals surface area contributed by atoms with Crippen LogP contribution in [-0.4, -0.2) is 35.6 Å². The molecular weight excluding hydrogens is 224 g/mol. The highest BCUT2D eigenvalue weighted by molar-refractivity contribution is 6.71. The molecule has 1 aliphatic heterocycles. The molecule has 0 saturated heterocycles. The molecule has 1 N–H and O–H groups in total. The molecule has 1 aliphatic rings. The summed E-state index contributed by atoms with van der Waals surface area (Å²) in [5.74, 6) is -0.641. The van der Waals surface area contributed by atoms with Gasteiger partial charge in [0.15, 0.2) is 5.71 Å². The summed E-state index contributed by atoms with van der Waals surface area (Å²) in [6.07, 6.45) is 0. The van der Waals surface area contributed by atoms with E-state index in [1.54, 1.807) is 24.3 Å². The van der Waals surface area contributed by atoms with Crippen molar-refractivity contribution >= 4 is 23.4 Å². The van der Waals surface area contributed by atoms with E-state index < -0.39 is 12.0 Å². The summed E-state index contributed by atoms with van der Waals surface area (Å²) < 4.78 is 4.97. The molecule has 2 amide bonds. The molecule has 0 unspecified atom stereocenters. The maximum Gasteiger partial charge on any atom is 0.368 e. The molecule has 6 nitrogen and oxygen atoms in total. The van der Waals surface area contributed by atoms with Crippen LogP contribution in [-0.2, 0) is 4.79 Å². The Kier molecular flexibility index (Phi) is 2.70. The predicted octanol–water partition coefficient (Wildman–Crippen LogP) is 1.14. The van der Waals surface area contributed by atoms with Gasteiger partial charge in [-0.2, -0.15) is 9.98 Å². The Morgan fingerprint density at radius 1 is 1.24 bits per heavy atom. The maximum absolute atomic E-state index is 11.0. The molecule has 0 aliphatic carbocycles. The number of hydrogen-bond acceptors (Lipinski definition) is 3. The quantitative estimate of drug-likeness (QED) is 0.846. The molecular formula is C11H8N2O4. The van der Waals surface area contributed by atoms with Gasteiger partial charge in [0.25, 0.3) is 0 Å². The van der Waals surface area contributed by atoms with Gasteiger partial charge in [0.05, 0.1) is 7.11 Å². The Balaban J connectivity index is 2.40. The van der Waals surface area contributed by atoms with Crippen LogP contribution in [0.1, 0.15) is 5.56 Å². The van der Waals surface area contributed by atoms with Crippen molar-refractivity contribution in [2.24, 2.45) is 9.98 Å². The average molecular weight is 232 g/mol. The number of hydrogen-bond donors (Lipinski definition) is 1. The molecule has 0 radical (unpaired) electrons. The van der Waals surface area contributed by atoms with Crippen LogP contribution in [0.15, 0.2) is 34.3 Å². The standard InChI is InChI=1S/C11H8N2O4/c1-17-7-4-2-6(3-5-7)8-9(10(14)15)13-11(16)12-8/h2-5H,1H3,(H,14,15). The van der Waals surface area contributed by atoms with E-state index in [0.29, 0.717) is 11.3 Å². The summed E-state index contributed by atoms with van der Waals surface area (Å²) in [4.78, 5) is 28.8. The lowest BCUT2D eigenvalue weighted by Gasteiger charge is -2.03. The Hall–Kier alpha value is -2.50. The lowest BCUT2D eigenvalue weighted by molar-refractivity contribution is -0.129. The van der Waals surface area contributed by atoms with Crippen LogP contribution in [0, 0.1) is 0 Å². The fourth-order valence-electron chi connectivity index (χ4n) is 1.42. The van der Waals surface area contributed by atoms with E-state index in [1.165, 1.54) is 7.11 Å². The van der Waals surface area contributed by atoms with E-state index in [4.69, 9.17) is 9.84 Å². The van der Waals surface area contributed by atoms with Crippen LogP contribution in [0.4, 0.5) is 4.79 Å². The van der Waals surface area contributed by atoms with Crippen LogP contribution in [0.3, 0.4) is 0 Å². The van der Waals surface area contributed by atoms with Crippen LogP contribution < -0.4 is 4.74 Å². The number of methoxy groups -OCH3 is 1. The van der Waals surface area contributed by atoms with Gasteiger partial charge in [0.1, 0.15) is 11.5 Å². The number of carbonyl (C=O) groups excluding carboxylic acids is 1. The molecule has 1 heterocycles. The highest BCUT2D eigenvalue weighted by Gasteiger charge is 2.26. The third-order valence-corrected chi connectivity index (χ3v) is 2.21. The van der Waals surface area contributed by atoms with Crippen molar-refractivity contribution in [3.05, 3.63) is 29.8 Å². The SMILES string of the molecule is COc1ccc(C2=NC(=O)N=C2C(=O)O)cc1. The molecule has 2 rings (SSSR count). The second-order valence-electron chi connectivity index (χ2n) is 3.24. The smallest absolute Gasteiger partial charge is 0.368 e. The molecule has 0 spiro atoms. The Bertz CT molecular complexity index is 543. The highest BCUT2D eigenvalue weighted by Crippen LogP contribution is 2.15. The zero-order chi connectivity index (χ0) is 12.4. The summed E-state index contributed by atoms with van der Waals surface area (Å²) in [5, 5.41) is 8.87. The number of carboxylic acids is 1. The third-order valence-electron chi connectivity index (χ3n) is 2.21. The van der Waals surface area contributed by atoms with Crippen LogP contribution >= 0.6 is 0 Å². The summed E-state index contributed by atoms with van der Waals surface area (Å²) in [7, 11) is 1.52. The van der Waals surface area contributed by atoms with Gasteiger partial charge in [0.2, 0.25) is 0 Å². The minimum atomic E-state index is -1.27. The Morgan fingerprint density at radius 3 is 2.41 bits per heavy atom. The van der Waals surface area contributed by atoms with Crippen molar-refractivity contribution in [3.63, 3.8) is 0 Å². The normalized spacial score (nSPS) is 14.3. The zero-order valence-electron chi connectivity index (χ0n) is 8.88. The fraction of sp³-hybridized carbons (Fsp3) is 0.0909. The number of aliphatic carboxylic acids is 1. The second-order valence-corrected chi connectivity index (χ2v) is 3.24. The van der Waals surface area contributed by atoms with Gasteiger partial charge in [-0.25, -0.2) is 9.59 Å². The number of nitrogens with zero attached hydrogens (tertiary/aromatic N) is 2. The van der Waals surface area contributed by atoms with Crippen molar-refractivity contribution in [2.45, 2.75) is 0 Å². The third kappa shape index (κ3) is 2.05. The van der Waals surface area contributed by atoms with Crippen molar-refractivity contribution in [2.75, 3.05) is 7.11 Å². The van der Waals surface area contributed by atoms with E-state index in [1.807, 2.05) is 0 Å². The lowest BCUT2D eigenvalue weighted by atomic mass is 10.1. The maximum atomic E-state index is 11.0. The summed E-state index contributed by atoms with van der Waals surface area (Å²) in [5.41, 5.74) is 0.253. The molecule has 0 bridgehead atoms. The van der Waals surface area contributed by atoms with Gasteiger partial charge in [-0.15, -0.1) is 0 Å². The molecule has 0 atom stereocenters. The first-order valence-electron chi connectivity index (χ1n) is 4.71. The lowest BCUT2D eigenvalue weighted by Crippen LogP contribution is -2.22. The number of aliphatic imine (C=N–C) groups is 2. The number of amides is 2. The number of ether oxygens (including phenoxy) is 1. The average Bonchev–Trinajstić information content (AvgIpc) is 2.72. The predicted molar refractivity (Wildman–Crippen MR) is 60.0 cm³/mol. The molecule has 0 fully saturated rings. The molecule has 6 heteroatoms. The van der Waals surface area contributed by atoms with Gasteiger partial charge in [-0.05, 0) is 24.3 Å². The summed E-state index contributed by atoms with van der Waals surface area (Å²) >= 11 is 0. The highest BCUT2D eigenvalue weighted by atomic mass is 16.5. The van der Waals surface area contributed by atoms with Gasteiger partial charge in [0, 0.05) is 5.56 Å².